The van der Waals surface area contributed by atoms with Crippen LogP contribution in [0.25, 0.3) is 21.3 Å². The van der Waals surface area contributed by atoms with Crippen LogP contribution in [-0.4, -0.2) is 36.1 Å². The lowest BCUT2D eigenvalue weighted by molar-refractivity contribution is 0.0768. The Balaban J connectivity index is 1.53. The molecule has 0 fully saturated rings. The van der Waals surface area contributed by atoms with Gasteiger partial charge in [0.05, 0.1) is 28.3 Å². The first-order valence-corrected chi connectivity index (χ1v) is 10.1. The summed E-state index contributed by atoms with van der Waals surface area (Å²) in [5.74, 6) is -0.118. The Morgan fingerprint density at radius 1 is 1.11 bits per heavy atom. The van der Waals surface area contributed by atoms with Crippen molar-refractivity contribution in [3.63, 3.8) is 0 Å². The van der Waals surface area contributed by atoms with Crippen molar-refractivity contribution in [3.8, 4) is 11.3 Å². The molecule has 1 heterocycles. The fourth-order valence-electron chi connectivity index (χ4n) is 3.29. The molecule has 1 aliphatic rings. The second-order valence-electron chi connectivity index (χ2n) is 6.49. The van der Waals surface area contributed by atoms with Gasteiger partial charge in [-0.3, -0.25) is 10.1 Å². The minimum absolute atomic E-state index is 0.118. The van der Waals surface area contributed by atoms with Gasteiger partial charge in [0.1, 0.15) is 6.61 Å². The number of carbonyl (C=O) groups is 2. The van der Waals surface area contributed by atoms with E-state index in [0.717, 1.165) is 34.2 Å². The van der Waals surface area contributed by atoms with Crippen LogP contribution in [-0.2, 0) is 9.47 Å². The number of nitrogens with one attached hydrogen (secondary N) is 1. The summed E-state index contributed by atoms with van der Waals surface area (Å²) in [5.41, 5.74) is 3.00. The molecule has 4 rings (SSSR count). The monoisotopic (exact) mass is 396 g/mol. The highest BCUT2D eigenvalue weighted by Gasteiger charge is 2.30. The van der Waals surface area contributed by atoms with Gasteiger partial charge in [-0.25, -0.2) is 4.79 Å². The zero-order valence-corrected chi connectivity index (χ0v) is 16.3. The minimum atomic E-state index is -0.609. The number of anilines is 1. The van der Waals surface area contributed by atoms with Crippen molar-refractivity contribution < 1.29 is 19.1 Å². The molecule has 0 bridgehead atoms. The predicted molar refractivity (Wildman–Crippen MR) is 109 cm³/mol. The molecule has 6 nitrogen and oxygen atoms in total. The van der Waals surface area contributed by atoms with Crippen molar-refractivity contribution >= 4 is 39.2 Å². The number of benzene rings is 2. The van der Waals surface area contributed by atoms with E-state index < -0.39 is 6.09 Å². The molecule has 144 valence electrons. The second-order valence-corrected chi connectivity index (χ2v) is 7.30. The highest BCUT2D eigenvalue weighted by molar-refractivity contribution is 7.13. The number of hydrogen-bond donors (Lipinski definition) is 1. The van der Waals surface area contributed by atoms with Crippen molar-refractivity contribution in [1.82, 2.24) is 4.37 Å². The number of ether oxygens (including phenoxy) is 2. The van der Waals surface area contributed by atoms with Crippen LogP contribution in [0.1, 0.15) is 35.7 Å². The quantitative estimate of drug-likeness (QED) is 0.451. The van der Waals surface area contributed by atoms with Crippen LogP contribution in [0.3, 0.4) is 0 Å². The van der Waals surface area contributed by atoms with Gasteiger partial charge in [-0.05, 0) is 30.1 Å². The molecular weight excluding hydrogens is 376 g/mol. The fraction of sp³-hybridized carbons (Fsp3) is 0.286. The van der Waals surface area contributed by atoms with E-state index in [1.54, 1.807) is 18.2 Å². The number of rotatable bonds is 7. The van der Waals surface area contributed by atoms with E-state index in [1.807, 2.05) is 18.2 Å². The van der Waals surface area contributed by atoms with Gasteiger partial charge in [0.2, 0.25) is 0 Å². The number of unbranched alkanes of at least 4 members (excludes halogenated alkanes) is 1. The molecule has 0 aliphatic heterocycles. The first-order chi connectivity index (χ1) is 13.7. The number of amides is 1. The summed E-state index contributed by atoms with van der Waals surface area (Å²) in [5, 5.41) is 3.58. The lowest BCUT2D eigenvalue weighted by Crippen LogP contribution is -2.20. The summed E-state index contributed by atoms with van der Waals surface area (Å²) in [7, 11) is 0. The second kappa shape index (κ2) is 8.08. The summed E-state index contributed by atoms with van der Waals surface area (Å²) in [6.45, 7) is 3.26. The third kappa shape index (κ3) is 3.39. The van der Waals surface area contributed by atoms with Gasteiger partial charge in [-0.2, -0.15) is 4.37 Å². The van der Waals surface area contributed by atoms with Gasteiger partial charge in [0, 0.05) is 23.1 Å². The number of carbonyl (C=O) groups excluding carboxylic acids is 2. The lowest BCUT2D eigenvalue weighted by atomic mass is 9.86. The van der Waals surface area contributed by atoms with Gasteiger partial charge < -0.3 is 9.47 Å². The summed E-state index contributed by atoms with van der Waals surface area (Å²) in [6, 6.07) is 11.0. The molecule has 0 spiro atoms. The molecule has 2 aromatic carbocycles. The molecule has 3 aromatic rings. The van der Waals surface area contributed by atoms with Crippen LogP contribution in [0.2, 0.25) is 0 Å². The summed E-state index contributed by atoms with van der Waals surface area (Å²) in [4.78, 5) is 25.3. The van der Waals surface area contributed by atoms with Crippen molar-refractivity contribution in [2.45, 2.75) is 19.8 Å². The number of aromatic nitrogens is 1. The summed E-state index contributed by atoms with van der Waals surface area (Å²) >= 11 is 1.37. The van der Waals surface area contributed by atoms with Gasteiger partial charge in [-0.15, -0.1) is 0 Å². The molecular formula is C21H20N2O4S. The van der Waals surface area contributed by atoms with Crippen molar-refractivity contribution in [3.05, 3.63) is 47.5 Å². The van der Waals surface area contributed by atoms with E-state index in [4.69, 9.17) is 9.47 Å². The third-order valence-electron chi connectivity index (χ3n) is 4.63. The SMILES string of the molecule is CCCCOCCOC(=O)Nc1cccc2c1C(=O)c1cccc3snc-2c13. The summed E-state index contributed by atoms with van der Waals surface area (Å²) in [6.07, 6.45) is 1.43. The Morgan fingerprint density at radius 3 is 2.79 bits per heavy atom. The third-order valence-corrected chi connectivity index (χ3v) is 5.44. The van der Waals surface area contributed by atoms with E-state index in [9.17, 15) is 9.59 Å². The number of ketones is 1. The maximum Gasteiger partial charge on any atom is 0.411 e. The zero-order chi connectivity index (χ0) is 19.5. The molecule has 0 radical (unpaired) electrons. The van der Waals surface area contributed by atoms with Crippen LogP contribution in [0, 0.1) is 0 Å². The highest BCUT2D eigenvalue weighted by Crippen LogP contribution is 2.42. The standard InChI is InChI=1S/C21H20N2O4S/c1-2-3-10-26-11-12-27-21(25)22-15-8-4-6-13-17(15)20(24)14-7-5-9-16-18(14)19(13)23-28-16/h4-9H,2-3,10-12H2,1H3,(H,22,25). The van der Waals surface area contributed by atoms with Crippen molar-refractivity contribution in [1.29, 1.82) is 0 Å². The summed E-state index contributed by atoms with van der Waals surface area (Å²) < 4.78 is 16.1. The Labute approximate surface area is 166 Å². The topological polar surface area (TPSA) is 77.5 Å². The van der Waals surface area contributed by atoms with Crippen molar-refractivity contribution in [2.75, 3.05) is 25.1 Å². The van der Waals surface area contributed by atoms with E-state index in [1.165, 1.54) is 11.5 Å². The van der Waals surface area contributed by atoms with Gasteiger partial charge >= 0.3 is 6.09 Å². The molecule has 7 heteroatoms. The van der Waals surface area contributed by atoms with Crippen LogP contribution in [0.15, 0.2) is 36.4 Å². The molecule has 0 saturated heterocycles. The molecule has 28 heavy (non-hydrogen) atoms. The molecule has 1 N–H and O–H groups in total. The zero-order valence-electron chi connectivity index (χ0n) is 15.5. The van der Waals surface area contributed by atoms with E-state index in [-0.39, 0.29) is 12.4 Å². The first-order valence-electron chi connectivity index (χ1n) is 9.28. The average Bonchev–Trinajstić information content (AvgIpc) is 3.14. The first kappa shape index (κ1) is 18.6. The highest BCUT2D eigenvalue weighted by atomic mass is 32.1. The average molecular weight is 396 g/mol. The largest absolute Gasteiger partial charge is 0.447 e. The normalized spacial score (nSPS) is 12.1. The van der Waals surface area contributed by atoms with Crippen LogP contribution in [0.5, 0.6) is 0 Å². The number of hydrogen-bond acceptors (Lipinski definition) is 6. The van der Waals surface area contributed by atoms with Crippen LogP contribution < -0.4 is 5.32 Å². The Bertz CT molecular complexity index is 1040. The van der Waals surface area contributed by atoms with E-state index in [0.29, 0.717) is 30.0 Å². The number of fused-ring (bicyclic) bond motifs is 2. The Morgan fingerprint density at radius 2 is 1.93 bits per heavy atom. The van der Waals surface area contributed by atoms with Crippen LogP contribution >= 0.6 is 11.5 Å². The maximum absolute atomic E-state index is 13.1. The molecule has 1 aromatic heterocycles. The van der Waals surface area contributed by atoms with Crippen molar-refractivity contribution in [2.24, 2.45) is 0 Å². The van der Waals surface area contributed by atoms with Gasteiger partial charge in [0.25, 0.3) is 0 Å². The molecule has 0 unspecified atom stereocenters. The maximum atomic E-state index is 13.1. The molecule has 0 atom stereocenters. The number of nitrogens with zero attached hydrogens (tertiary/aromatic N) is 1. The Hall–Kier alpha value is -2.77. The minimum Gasteiger partial charge on any atom is -0.447 e. The smallest absolute Gasteiger partial charge is 0.411 e. The van der Waals surface area contributed by atoms with Crippen LogP contribution in [0.4, 0.5) is 10.5 Å². The van der Waals surface area contributed by atoms with E-state index in [2.05, 4.69) is 16.6 Å². The lowest BCUT2D eigenvalue weighted by Gasteiger charge is -2.18. The predicted octanol–water partition coefficient (Wildman–Crippen LogP) is 4.87. The van der Waals surface area contributed by atoms with Gasteiger partial charge in [-0.1, -0.05) is 37.6 Å². The molecule has 0 saturated carbocycles. The molecule has 1 amide bonds. The Kier molecular flexibility index (Phi) is 5.36. The van der Waals surface area contributed by atoms with Gasteiger partial charge in [0.15, 0.2) is 5.78 Å². The molecule has 1 aliphatic carbocycles. The van der Waals surface area contributed by atoms with E-state index >= 15 is 0 Å². The fourth-order valence-corrected chi connectivity index (χ4v) is 4.10.